The number of ether oxygens (including phenoxy) is 5. The van der Waals surface area contributed by atoms with Crippen LogP contribution in [0.3, 0.4) is 0 Å². The highest BCUT2D eigenvalue weighted by molar-refractivity contribution is 6.03. The molecule has 61 heavy (non-hydrogen) atoms. The highest BCUT2D eigenvalue weighted by atomic mass is 16.7. The van der Waals surface area contributed by atoms with Gasteiger partial charge in [-0.15, -0.1) is 6.58 Å². The fraction of sp³-hybridized carbons (Fsp3) is 0.490. The van der Waals surface area contributed by atoms with Gasteiger partial charge < -0.3 is 43.6 Å². The number of rotatable bonds is 21. The molecular formula is C49H62N2O10. The van der Waals surface area contributed by atoms with E-state index >= 15 is 0 Å². The van der Waals surface area contributed by atoms with Crippen LogP contribution in [-0.2, 0) is 25.7 Å². The molecule has 1 heterocycles. The SMILES string of the molecule is C=CCO[C@@]12Oc3ccc(Oc4cccc(C=O)c4)cc3[C@H]3[C@H](CCCCO)[C@@H](CCCCO)C=C(C(=NOC(C)(C)C)C[C@@H]1N(C)C(=O)OCCOCc1ccccc1)[C@H]32. The van der Waals surface area contributed by atoms with Crippen LogP contribution in [0.15, 0.2) is 102 Å². The highest BCUT2D eigenvalue weighted by Crippen LogP contribution is 2.62. The van der Waals surface area contributed by atoms with Crippen molar-refractivity contribution in [2.75, 3.05) is 40.1 Å². The second-order valence-electron chi connectivity index (χ2n) is 17.0. The number of hydrogen-bond acceptors (Lipinski definition) is 11. The zero-order chi connectivity index (χ0) is 43.4. The van der Waals surface area contributed by atoms with Gasteiger partial charge in [-0.05, 0) is 99.8 Å². The molecule has 0 radical (unpaired) electrons. The van der Waals surface area contributed by atoms with E-state index in [0.29, 0.717) is 48.0 Å². The van der Waals surface area contributed by atoms with Crippen LogP contribution >= 0.6 is 0 Å². The van der Waals surface area contributed by atoms with Crippen molar-refractivity contribution in [3.05, 3.63) is 114 Å². The summed E-state index contributed by atoms with van der Waals surface area (Å²) in [4.78, 5) is 33.5. The van der Waals surface area contributed by atoms with Crippen LogP contribution in [0.2, 0.25) is 0 Å². The molecule has 0 saturated heterocycles. The van der Waals surface area contributed by atoms with E-state index in [1.165, 1.54) is 0 Å². The summed E-state index contributed by atoms with van der Waals surface area (Å²) in [7, 11) is 1.70. The first-order valence-corrected chi connectivity index (χ1v) is 21.5. The minimum absolute atomic E-state index is 0.0320. The average Bonchev–Trinajstić information content (AvgIpc) is 3.26. The predicted octanol–water partition coefficient (Wildman–Crippen LogP) is 9.01. The van der Waals surface area contributed by atoms with E-state index in [0.717, 1.165) is 48.7 Å². The molecule has 3 aromatic rings. The molecule has 1 amide bonds. The molecule has 3 aliphatic rings. The van der Waals surface area contributed by atoms with Gasteiger partial charge in [0.15, 0.2) is 0 Å². The second-order valence-corrected chi connectivity index (χ2v) is 17.0. The third kappa shape index (κ3) is 11.1. The van der Waals surface area contributed by atoms with E-state index in [2.05, 4.69) is 12.7 Å². The number of likely N-dealkylation sites (N-methyl/N-ethyl adjacent to an activating group) is 1. The van der Waals surface area contributed by atoms with E-state index in [4.69, 9.17) is 33.7 Å². The number of amides is 1. The summed E-state index contributed by atoms with van der Waals surface area (Å²) in [5, 5.41) is 24.6. The first-order valence-electron chi connectivity index (χ1n) is 21.5. The Kier molecular flexibility index (Phi) is 15.8. The van der Waals surface area contributed by atoms with Crippen molar-refractivity contribution >= 4 is 18.1 Å². The Labute approximate surface area is 360 Å². The number of oxime groups is 1. The minimum atomic E-state index is -1.43. The number of nitrogens with zero attached hydrogens (tertiary/aromatic N) is 2. The molecule has 328 valence electrons. The van der Waals surface area contributed by atoms with Gasteiger partial charge in [0.25, 0.3) is 0 Å². The zero-order valence-electron chi connectivity index (χ0n) is 36.0. The predicted molar refractivity (Wildman–Crippen MR) is 233 cm³/mol. The molecule has 0 unspecified atom stereocenters. The lowest BCUT2D eigenvalue weighted by molar-refractivity contribution is -0.253. The van der Waals surface area contributed by atoms with Crippen LogP contribution in [0.1, 0.15) is 93.1 Å². The lowest BCUT2D eigenvalue weighted by Crippen LogP contribution is -2.69. The summed E-state index contributed by atoms with van der Waals surface area (Å²) >= 11 is 0. The van der Waals surface area contributed by atoms with E-state index in [9.17, 15) is 19.8 Å². The lowest BCUT2D eigenvalue weighted by Gasteiger charge is -2.59. The van der Waals surface area contributed by atoms with Crippen LogP contribution in [0.25, 0.3) is 0 Å². The number of carbonyl (C=O) groups excluding carboxylic acids is 2. The van der Waals surface area contributed by atoms with Crippen molar-refractivity contribution in [3.8, 4) is 17.2 Å². The van der Waals surface area contributed by atoms with Gasteiger partial charge in [-0.25, -0.2) is 4.79 Å². The molecule has 1 saturated carbocycles. The fourth-order valence-corrected chi connectivity index (χ4v) is 8.95. The molecule has 1 fully saturated rings. The first kappa shape index (κ1) is 45.5. The topological polar surface area (TPSA) is 146 Å². The van der Waals surface area contributed by atoms with Crippen LogP contribution in [-0.4, -0.2) is 90.7 Å². The monoisotopic (exact) mass is 838 g/mol. The van der Waals surface area contributed by atoms with Crippen molar-refractivity contribution in [3.63, 3.8) is 0 Å². The van der Waals surface area contributed by atoms with E-state index in [1.54, 1.807) is 36.2 Å². The molecule has 3 aromatic carbocycles. The summed E-state index contributed by atoms with van der Waals surface area (Å²) in [6, 6.07) is 21.8. The fourth-order valence-electron chi connectivity index (χ4n) is 8.95. The molecular weight excluding hydrogens is 777 g/mol. The highest BCUT2D eigenvalue weighted by Gasteiger charge is 2.65. The molecule has 0 bridgehead atoms. The zero-order valence-corrected chi connectivity index (χ0v) is 36.0. The van der Waals surface area contributed by atoms with E-state index in [1.807, 2.05) is 75.4 Å². The number of aliphatic hydroxyl groups excluding tert-OH is 2. The molecule has 12 nitrogen and oxygen atoms in total. The van der Waals surface area contributed by atoms with E-state index < -0.39 is 29.4 Å². The number of carbonyl (C=O) groups is 2. The number of hydrogen-bond donors (Lipinski definition) is 2. The van der Waals surface area contributed by atoms with Crippen LogP contribution in [0, 0.1) is 17.8 Å². The molecule has 0 spiro atoms. The summed E-state index contributed by atoms with van der Waals surface area (Å²) in [6.07, 6.45) is 8.95. The van der Waals surface area contributed by atoms with Crippen molar-refractivity contribution in [2.45, 2.75) is 95.7 Å². The Bertz CT molecular complexity index is 1990. The number of fused-ring (bicyclic) bond motifs is 2. The Morgan fingerprint density at radius 1 is 0.967 bits per heavy atom. The molecule has 6 atom stereocenters. The van der Waals surface area contributed by atoms with Gasteiger partial charge in [-0.3, -0.25) is 4.79 Å². The van der Waals surface area contributed by atoms with Crippen LogP contribution < -0.4 is 9.47 Å². The van der Waals surface area contributed by atoms with E-state index in [-0.39, 0.29) is 57.2 Å². The van der Waals surface area contributed by atoms with Crippen molar-refractivity contribution < 1.29 is 48.3 Å². The maximum atomic E-state index is 14.1. The summed E-state index contributed by atoms with van der Waals surface area (Å²) in [5.74, 6) is -0.386. The number of unbranched alkanes of at least 4 members (excludes halogenated alkanes) is 2. The van der Waals surface area contributed by atoms with Gasteiger partial charge in [0, 0.05) is 43.7 Å². The maximum Gasteiger partial charge on any atom is 0.410 e. The number of aldehydes is 1. The minimum Gasteiger partial charge on any atom is -0.459 e. The molecule has 1 aliphatic heterocycles. The summed E-state index contributed by atoms with van der Waals surface area (Å²) in [5.41, 5.74) is 3.44. The lowest BCUT2D eigenvalue weighted by atomic mass is 9.55. The molecule has 12 heteroatoms. The number of aliphatic hydroxyl groups is 2. The third-order valence-electron chi connectivity index (χ3n) is 11.6. The van der Waals surface area contributed by atoms with Crippen molar-refractivity contribution in [1.82, 2.24) is 4.90 Å². The summed E-state index contributed by atoms with van der Waals surface area (Å²) < 4.78 is 32.3. The van der Waals surface area contributed by atoms with Gasteiger partial charge in [-0.2, -0.15) is 0 Å². The molecule has 6 rings (SSSR count). The normalized spacial score (nSPS) is 23.5. The average molecular weight is 839 g/mol. The largest absolute Gasteiger partial charge is 0.459 e. The van der Waals surface area contributed by atoms with Gasteiger partial charge in [0.2, 0.25) is 5.79 Å². The van der Waals surface area contributed by atoms with Crippen molar-refractivity contribution in [2.24, 2.45) is 22.9 Å². The smallest absolute Gasteiger partial charge is 0.410 e. The Morgan fingerprint density at radius 2 is 1.72 bits per heavy atom. The number of allylic oxidation sites excluding steroid dienone is 1. The van der Waals surface area contributed by atoms with Gasteiger partial charge in [0.1, 0.15) is 41.8 Å². The molecule has 0 aromatic heterocycles. The third-order valence-corrected chi connectivity index (χ3v) is 11.6. The summed E-state index contributed by atoms with van der Waals surface area (Å²) in [6.45, 7) is 10.8. The quantitative estimate of drug-likeness (QED) is 0.0462. The first-order chi connectivity index (χ1) is 29.5. The van der Waals surface area contributed by atoms with Gasteiger partial charge in [0.05, 0.1) is 31.5 Å². The molecule has 2 aliphatic carbocycles. The van der Waals surface area contributed by atoms with Crippen molar-refractivity contribution in [1.29, 1.82) is 0 Å². The Hall–Kier alpha value is -5.01. The van der Waals surface area contributed by atoms with Crippen LogP contribution in [0.5, 0.6) is 17.2 Å². The van der Waals surface area contributed by atoms with Crippen LogP contribution in [0.4, 0.5) is 4.79 Å². The molecule has 2 N–H and O–H groups in total. The Morgan fingerprint density at radius 3 is 2.44 bits per heavy atom. The Balaban J connectivity index is 1.46. The standard InChI is InChI=1S/C49H62N2O10/c1-6-25-58-49-44(51(5)47(55)57-27-26-56-33-34-15-8-7-9-16-34)31-42(50-61-48(2,3)4)40-29-36(18-10-12-23-52)39(20-11-13-24-53)45(46(40)49)41-30-38(21-22-43(41)60-49)59-37-19-14-17-35(28-37)32-54/h6-9,14-17,19,21-22,28-30,32,36,39,44-46,52-53H,1,10-13,18,20,23-27,31,33H2,2-5H3/t36-,39+,44-,45+,46+,49+/m0/s1. The second kappa shape index (κ2) is 21.2. The van der Waals surface area contributed by atoms with Gasteiger partial charge in [-0.1, -0.05) is 72.6 Å². The van der Waals surface area contributed by atoms with Gasteiger partial charge >= 0.3 is 6.09 Å². The maximum absolute atomic E-state index is 14.1. The number of benzene rings is 3.